The van der Waals surface area contributed by atoms with Crippen LogP contribution in [0.15, 0.2) is 30.6 Å². The molecule has 2 rings (SSSR count). The monoisotopic (exact) mass is 285 g/mol. The van der Waals surface area contributed by atoms with E-state index in [9.17, 15) is 17.6 Å². The zero-order valence-corrected chi connectivity index (χ0v) is 10.4. The van der Waals surface area contributed by atoms with Gasteiger partial charge < -0.3 is 5.73 Å². The van der Waals surface area contributed by atoms with E-state index >= 15 is 0 Å². The van der Waals surface area contributed by atoms with Crippen LogP contribution >= 0.6 is 0 Å². The lowest BCUT2D eigenvalue weighted by Gasteiger charge is -2.14. The van der Waals surface area contributed by atoms with Crippen LogP contribution in [-0.4, -0.2) is 9.97 Å². The Labute approximate surface area is 112 Å². The molecule has 7 heteroatoms. The van der Waals surface area contributed by atoms with Crippen molar-refractivity contribution in [3.63, 3.8) is 0 Å². The summed E-state index contributed by atoms with van der Waals surface area (Å²) in [7, 11) is 0. The standard InChI is InChI=1S/C13H11F4N3/c1-7-5-20-11(6-19-7)12(18)8-2-3-9(10(14)4-8)13(15,16)17/h2-6,12H,18H2,1H3. The van der Waals surface area contributed by atoms with Gasteiger partial charge in [-0.1, -0.05) is 6.07 Å². The van der Waals surface area contributed by atoms with Crippen molar-refractivity contribution < 1.29 is 17.6 Å². The molecule has 1 unspecified atom stereocenters. The fraction of sp³-hybridized carbons (Fsp3) is 0.231. The van der Waals surface area contributed by atoms with Crippen LogP contribution in [-0.2, 0) is 6.18 Å². The van der Waals surface area contributed by atoms with Crippen molar-refractivity contribution in [1.29, 1.82) is 0 Å². The average Bonchev–Trinajstić information content (AvgIpc) is 2.37. The second kappa shape index (κ2) is 5.16. The molecule has 1 atom stereocenters. The molecule has 0 aliphatic carbocycles. The lowest BCUT2D eigenvalue weighted by Crippen LogP contribution is -2.16. The molecular formula is C13H11F4N3. The number of benzene rings is 1. The van der Waals surface area contributed by atoms with Crippen LogP contribution in [0, 0.1) is 12.7 Å². The molecule has 0 bridgehead atoms. The number of aryl methyl sites for hydroxylation is 1. The Hall–Kier alpha value is -2.02. The smallest absolute Gasteiger partial charge is 0.319 e. The molecule has 2 aromatic rings. The average molecular weight is 285 g/mol. The highest BCUT2D eigenvalue weighted by Crippen LogP contribution is 2.32. The molecule has 0 saturated carbocycles. The van der Waals surface area contributed by atoms with E-state index in [1.54, 1.807) is 6.92 Å². The molecule has 0 radical (unpaired) electrons. The maximum absolute atomic E-state index is 13.5. The number of rotatable bonds is 2. The van der Waals surface area contributed by atoms with E-state index in [4.69, 9.17) is 5.73 Å². The van der Waals surface area contributed by atoms with Crippen molar-refractivity contribution in [3.8, 4) is 0 Å². The highest BCUT2D eigenvalue weighted by molar-refractivity contribution is 5.32. The predicted molar refractivity (Wildman–Crippen MR) is 64.2 cm³/mol. The molecular weight excluding hydrogens is 274 g/mol. The number of hydrogen-bond acceptors (Lipinski definition) is 3. The summed E-state index contributed by atoms with van der Waals surface area (Å²) in [5, 5.41) is 0. The van der Waals surface area contributed by atoms with Crippen LogP contribution in [0.5, 0.6) is 0 Å². The van der Waals surface area contributed by atoms with Gasteiger partial charge in [-0.05, 0) is 24.6 Å². The van der Waals surface area contributed by atoms with Gasteiger partial charge in [0.2, 0.25) is 0 Å². The Kier molecular flexibility index (Phi) is 3.71. The minimum absolute atomic E-state index is 0.202. The summed E-state index contributed by atoms with van der Waals surface area (Å²) < 4.78 is 50.8. The van der Waals surface area contributed by atoms with E-state index in [1.807, 2.05) is 0 Å². The minimum atomic E-state index is -4.73. The number of alkyl halides is 3. The topological polar surface area (TPSA) is 51.8 Å². The van der Waals surface area contributed by atoms with E-state index in [-0.39, 0.29) is 5.56 Å². The first kappa shape index (κ1) is 14.4. The van der Waals surface area contributed by atoms with Crippen LogP contribution in [0.2, 0.25) is 0 Å². The van der Waals surface area contributed by atoms with Crippen LogP contribution < -0.4 is 5.73 Å². The zero-order chi connectivity index (χ0) is 14.9. The molecule has 1 heterocycles. The molecule has 20 heavy (non-hydrogen) atoms. The van der Waals surface area contributed by atoms with Gasteiger partial charge in [0.1, 0.15) is 5.82 Å². The summed E-state index contributed by atoms with van der Waals surface area (Å²) >= 11 is 0. The third-order valence-electron chi connectivity index (χ3n) is 2.78. The highest BCUT2D eigenvalue weighted by Gasteiger charge is 2.34. The molecule has 1 aromatic heterocycles. The van der Waals surface area contributed by atoms with Crippen molar-refractivity contribution >= 4 is 0 Å². The van der Waals surface area contributed by atoms with Gasteiger partial charge in [0.15, 0.2) is 0 Å². The van der Waals surface area contributed by atoms with E-state index in [1.165, 1.54) is 12.4 Å². The largest absolute Gasteiger partial charge is 0.419 e. The molecule has 0 amide bonds. The van der Waals surface area contributed by atoms with Gasteiger partial charge in [0.25, 0.3) is 0 Å². The predicted octanol–water partition coefficient (Wildman–Crippen LogP) is 2.99. The number of nitrogens with zero attached hydrogens (tertiary/aromatic N) is 2. The normalized spacial score (nSPS) is 13.3. The number of aromatic nitrogens is 2. The van der Waals surface area contributed by atoms with Gasteiger partial charge in [0.05, 0.1) is 29.2 Å². The van der Waals surface area contributed by atoms with Crippen LogP contribution in [0.25, 0.3) is 0 Å². The van der Waals surface area contributed by atoms with E-state index in [2.05, 4.69) is 9.97 Å². The maximum atomic E-state index is 13.5. The second-order valence-electron chi connectivity index (χ2n) is 4.30. The summed E-state index contributed by atoms with van der Waals surface area (Å²) in [5.74, 6) is -1.36. The quantitative estimate of drug-likeness (QED) is 0.863. The summed E-state index contributed by atoms with van der Waals surface area (Å²) in [6.07, 6.45) is -1.83. The van der Waals surface area contributed by atoms with Gasteiger partial charge in [0, 0.05) is 6.20 Å². The van der Waals surface area contributed by atoms with Gasteiger partial charge >= 0.3 is 6.18 Å². The molecule has 0 saturated heterocycles. The summed E-state index contributed by atoms with van der Waals surface area (Å²) in [6, 6.07) is 1.75. The number of halogens is 4. The Morgan fingerprint density at radius 2 is 1.85 bits per heavy atom. The molecule has 3 nitrogen and oxygen atoms in total. The van der Waals surface area contributed by atoms with Gasteiger partial charge in [-0.3, -0.25) is 9.97 Å². The maximum Gasteiger partial charge on any atom is 0.419 e. The summed E-state index contributed by atoms with van der Waals surface area (Å²) in [6.45, 7) is 1.74. The Morgan fingerprint density at radius 1 is 1.15 bits per heavy atom. The van der Waals surface area contributed by atoms with Crippen molar-refractivity contribution in [1.82, 2.24) is 9.97 Å². The fourth-order valence-corrected chi connectivity index (χ4v) is 1.69. The lowest BCUT2D eigenvalue weighted by molar-refractivity contribution is -0.140. The van der Waals surface area contributed by atoms with Gasteiger partial charge in [-0.2, -0.15) is 13.2 Å². The van der Waals surface area contributed by atoms with Crippen molar-refractivity contribution in [2.75, 3.05) is 0 Å². The van der Waals surface area contributed by atoms with Crippen LogP contribution in [0.1, 0.15) is 28.6 Å². The Bertz CT molecular complexity index is 608. The molecule has 0 aliphatic heterocycles. The Balaban J connectivity index is 2.34. The van der Waals surface area contributed by atoms with Crippen molar-refractivity contribution in [2.24, 2.45) is 5.73 Å². The number of hydrogen-bond donors (Lipinski definition) is 1. The van der Waals surface area contributed by atoms with E-state index in [0.717, 1.165) is 12.1 Å². The van der Waals surface area contributed by atoms with Crippen LogP contribution in [0.3, 0.4) is 0 Å². The van der Waals surface area contributed by atoms with E-state index in [0.29, 0.717) is 17.5 Å². The van der Waals surface area contributed by atoms with Crippen molar-refractivity contribution in [2.45, 2.75) is 19.1 Å². The van der Waals surface area contributed by atoms with Crippen LogP contribution in [0.4, 0.5) is 17.6 Å². The molecule has 0 aliphatic rings. The van der Waals surface area contributed by atoms with Gasteiger partial charge in [-0.15, -0.1) is 0 Å². The third kappa shape index (κ3) is 2.93. The van der Waals surface area contributed by atoms with Gasteiger partial charge in [-0.25, -0.2) is 4.39 Å². The molecule has 0 fully saturated rings. The fourth-order valence-electron chi connectivity index (χ4n) is 1.69. The molecule has 106 valence electrons. The molecule has 0 spiro atoms. The van der Waals surface area contributed by atoms with E-state index < -0.39 is 23.6 Å². The zero-order valence-electron chi connectivity index (χ0n) is 10.4. The third-order valence-corrected chi connectivity index (χ3v) is 2.78. The SMILES string of the molecule is Cc1cnc(C(N)c2ccc(C(F)(F)F)c(F)c2)cn1. The van der Waals surface area contributed by atoms with Crippen molar-refractivity contribution in [3.05, 3.63) is 58.9 Å². The molecule has 1 aromatic carbocycles. The first-order valence-electron chi connectivity index (χ1n) is 5.70. The lowest BCUT2D eigenvalue weighted by atomic mass is 10.0. The Morgan fingerprint density at radius 3 is 2.35 bits per heavy atom. The highest BCUT2D eigenvalue weighted by atomic mass is 19.4. The molecule has 2 N–H and O–H groups in total. The number of nitrogens with two attached hydrogens (primary N) is 1. The minimum Gasteiger partial charge on any atom is -0.319 e. The first-order valence-corrected chi connectivity index (χ1v) is 5.70. The second-order valence-corrected chi connectivity index (χ2v) is 4.30. The summed E-state index contributed by atoms with van der Waals surface area (Å²) in [4.78, 5) is 8.01. The first-order chi connectivity index (χ1) is 9.29. The summed E-state index contributed by atoms with van der Waals surface area (Å²) in [5.41, 5.74) is 5.77.